The Labute approximate surface area is 76.0 Å². The van der Waals surface area contributed by atoms with Crippen LogP contribution in [0.5, 0.6) is 0 Å². The van der Waals surface area contributed by atoms with E-state index >= 15 is 0 Å². The van der Waals surface area contributed by atoms with Crippen LogP contribution in [0.4, 0.5) is 0 Å². The number of rotatable bonds is 2. The molecule has 0 aliphatic carbocycles. The van der Waals surface area contributed by atoms with Gasteiger partial charge in [-0.15, -0.1) is 0 Å². The Morgan fingerprint density at radius 2 is 1.75 bits per heavy atom. The highest BCUT2D eigenvalue weighted by Gasteiger charge is 1.99. The minimum Gasteiger partial charge on any atom is -0.209 e. The van der Waals surface area contributed by atoms with Crippen molar-refractivity contribution in [2.75, 3.05) is 0 Å². The number of allylic oxidation sites excluding steroid dienone is 2. The smallest absolute Gasteiger partial charge is 0.00670 e. The fourth-order valence-electron chi connectivity index (χ4n) is 1.21. The summed E-state index contributed by atoms with van der Waals surface area (Å²) in [5.74, 6) is 1.18. The van der Waals surface area contributed by atoms with Crippen LogP contribution in [0.25, 0.3) is 0 Å². The van der Waals surface area contributed by atoms with E-state index in [1.807, 2.05) is 12.1 Å². The summed E-state index contributed by atoms with van der Waals surface area (Å²) < 4.78 is 0. The molecule has 2 rings (SSSR count). The summed E-state index contributed by atoms with van der Waals surface area (Å²) in [5.41, 5.74) is 1.41. The van der Waals surface area contributed by atoms with Gasteiger partial charge < -0.3 is 0 Å². The van der Waals surface area contributed by atoms with Gasteiger partial charge in [0.05, 0.1) is 0 Å². The summed E-state index contributed by atoms with van der Waals surface area (Å²) in [5, 5.41) is 4.60. The van der Waals surface area contributed by atoms with Crippen molar-refractivity contribution < 1.29 is 0 Å². The van der Waals surface area contributed by atoms with E-state index in [1.54, 1.807) is 0 Å². The highest BCUT2D eigenvalue weighted by Crippen LogP contribution is 2.36. The van der Waals surface area contributed by atoms with E-state index in [9.17, 15) is 0 Å². The Hall–Kier alpha value is -0.950. The molecular weight excluding hydrogens is 164 g/mol. The minimum absolute atomic E-state index is 0.00360. The molecule has 1 aliphatic heterocycles. The van der Waals surface area contributed by atoms with Crippen LogP contribution in [-0.4, -0.2) is 0 Å². The maximum atomic E-state index is 3.03. The van der Waals surface area contributed by atoms with Crippen molar-refractivity contribution in [3.8, 4) is 0 Å². The van der Waals surface area contributed by atoms with Gasteiger partial charge in [-0.25, -0.2) is 10.9 Å². The van der Waals surface area contributed by atoms with E-state index < -0.39 is 0 Å². The standard InChI is InChI=1S/C11H11S/c1-2-6-11(7-3-1)10-12-8-4-5-9-12/h2-9,12H,10H2. The van der Waals surface area contributed by atoms with Gasteiger partial charge in [-0.2, -0.15) is 0 Å². The molecule has 0 unspecified atom stereocenters. The van der Waals surface area contributed by atoms with Gasteiger partial charge >= 0.3 is 0 Å². The molecule has 0 fully saturated rings. The Balaban J connectivity index is 2.04. The van der Waals surface area contributed by atoms with Gasteiger partial charge in [-0.05, 0) is 22.4 Å². The minimum atomic E-state index is 0.00360. The Bertz CT molecular complexity index is 286. The molecule has 0 saturated heterocycles. The molecule has 0 saturated carbocycles. The molecule has 0 N–H and O–H groups in total. The molecule has 1 aromatic rings. The third-order valence-electron chi connectivity index (χ3n) is 1.82. The zero-order valence-electron chi connectivity index (χ0n) is 6.77. The van der Waals surface area contributed by atoms with E-state index in [-0.39, 0.29) is 10.9 Å². The third kappa shape index (κ3) is 1.80. The zero-order valence-corrected chi connectivity index (χ0v) is 7.67. The number of hydrogen-bond donors (Lipinski definition) is 1. The molecular formula is C11H11S. The molecule has 1 heterocycles. The molecule has 0 amide bonds. The van der Waals surface area contributed by atoms with Gasteiger partial charge in [-0.3, -0.25) is 0 Å². The lowest BCUT2D eigenvalue weighted by atomic mass is 10.2. The Kier molecular flexibility index (Phi) is 2.33. The SMILES string of the molecule is [c]1ccc(C[SH]2C=CC=C2)cc1. The molecule has 0 bridgehead atoms. The van der Waals surface area contributed by atoms with Crippen LogP contribution in [0.3, 0.4) is 0 Å². The molecule has 1 aromatic carbocycles. The van der Waals surface area contributed by atoms with Crippen molar-refractivity contribution in [2.45, 2.75) is 5.75 Å². The first-order valence-electron chi connectivity index (χ1n) is 4.01. The first kappa shape index (κ1) is 7.69. The summed E-state index contributed by atoms with van der Waals surface area (Å²) in [6, 6.07) is 11.3. The van der Waals surface area contributed by atoms with Crippen molar-refractivity contribution in [1.29, 1.82) is 0 Å². The molecule has 12 heavy (non-hydrogen) atoms. The number of benzene rings is 1. The van der Waals surface area contributed by atoms with Gasteiger partial charge in [0.25, 0.3) is 0 Å². The van der Waals surface area contributed by atoms with Crippen molar-refractivity contribution in [3.63, 3.8) is 0 Å². The summed E-state index contributed by atoms with van der Waals surface area (Å²) >= 11 is 0. The maximum absolute atomic E-state index is 3.03. The number of hydrogen-bond acceptors (Lipinski definition) is 0. The molecule has 0 spiro atoms. The molecule has 1 heteroatoms. The lowest BCUT2D eigenvalue weighted by Gasteiger charge is -2.08. The lowest BCUT2D eigenvalue weighted by molar-refractivity contribution is 1.41. The van der Waals surface area contributed by atoms with Crippen LogP contribution >= 0.6 is 10.9 Å². The van der Waals surface area contributed by atoms with Crippen LogP contribution in [-0.2, 0) is 5.75 Å². The van der Waals surface area contributed by atoms with Crippen LogP contribution < -0.4 is 0 Å². The summed E-state index contributed by atoms with van der Waals surface area (Å²) in [4.78, 5) is 0. The average molecular weight is 175 g/mol. The lowest BCUT2D eigenvalue weighted by Crippen LogP contribution is -1.80. The van der Waals surface area contributed by atoms with Crippen LogP contribution in [0.15, 0.2) is 47.2 Å². The van der Waals surface area contributed by atoms with Gasteiger partial charge in [0, 0.05) is 5.75 Å². The molecule has 1 aliphatic rings. The Morgan fingerprint density at radius 1 is 1.08 bits per heavy atom. The monoisotopic (exact) mass is 175 g/mol. The van der Waals surface area contributed by atoms with Crippen LogP contribution in [0.1, 0.15) is 5.56 Å². The summed E-state index contributed by atoms with van der Waals surface area (Å²) in [6.07, 6.45) is 4.28. The fraction of sp³-hybridized carbons (Fsp3) is 0.0909. The van der Waals surface area contributed by atoms with E-state index in [0.29, 0.717) is 0 Å². The van der Waals surface area contributed by atoms with Gasteiger partial charge in [0.1, 0.15) is 0 Å². The highest BCUT2D eigenvalue weighted by atomic mass is 32.2. The summed E-state index contributed by atoms with van der Waals surface area (Å²) in [6.45, 7) is 0. The topological polar surface area (TPSA) is 0 Å². The van der Waals surface area contributed by atoms with E-state index in [2.05, 4.69) is 41.2 Å². The quantitative estimate of drug-likeness (QED) is 0.656. The maximum Gasteiger partial charge on any atom is 0.00670 e. The second kappa shape index (κ2) is 3.63. The average Bonchev–Trinajstić information content (AvgIpc) is 2.59. The predicted octanol–water partition coefficient (Wildman–Crippen LogP) is 3.03. The second-order valence-corrected chi connectivity index (χ2v) is 4.70. The molecule has 1 radical (unpaired) electrons. The van der Waals surface area contributed by atoms with Gasteiger partial charge in [-0.1, -0.05) is 36.4 Å². The normalized spacial score (nSPS) is 17.2. The van der Waals surface area contributed by atoms with Crippen LogP contribution in [0.2, 0.25) is 0 Å². The van der Waals surface area contributed by atoms with Crippen molar-refractivity contribution in [2.24, 2.45) is 0 Å². The highest BCUT2D eigenvalue weighted by molar-refractivity contribution is 8.21. The Morgan fingerprint density at radius 3 is 2.42 bits per heavy atom. The van der Waals surface area contributed by atoms with Crippen molar-refractivity contribution in [3.05, 3.63) is 58.9 Å². The fourth-order valence-corrected chi connectivity index (χ4v) is 2.80. The molecule has 0 nitrogen and oxygen atoms in total. The van der Waals surface area contributed by atoms with Crippen molar-refractivity contribution >= 4 is 10.9 Å². The second-order valence-electron chi connectivity index (χ2n) is 2.76. The van der Waals surface area contributed by atoms with E-state index in [0.717, 1.165) is 0 Å². The molecule has 0 aromatic heterocycles. The van der Waals surface area contributed by atoms with E-state index in [1.165, 1.54) is 11.3 Å². The zero-order chi connectivity index (χ0) is 8.23. The summed E-state index contributed by atoms with van der Waals surface area (Å²) in [7, 11) is 0.00360. The predicted molar refractivity (Wildman–Crippen MR) is 56.2 cm³/mol. The molecule has 61 valence electrons. The largest absolute Gasteiger partial charge is 0.209 e. The van der Waals surface area contributed by atoms with Crippen LogP contribution in [0, 0.1) is 6.07 Å². The third-order valence-corrected chi connectivity index (χ3v) is 3.66. The first-order chi connectivity index (χ1) is 5.95. The molecule has 0 atom stereocenters. The van der Waals surface area contributed by atoms with Crippen molar-refractivity contribution in [1.82, 2.24) is 0 Å². The number of thiol groups is 1. The van der Waals surface area contributed by atoms with Gasteiger partial charge in [0.2, 0.25) is 0 Å². The van der Waals surface area contributed by atoms with E-state index in [4.69, 9.17) is 0 Å². The van der Waals surface area contributed by atoms with Gasteiger partial charge in [0.15, 0.2) is 0 Å². The first-order valence-corrected chi connectivity index (χ1v) is 5.67.